The number of nitrogens with one attached hydrogen (secondary N) is 2. The highest BCUT2D eigenvalue weighted by atomic mass is 16.1. The summed E-state index contributed by atoms with van der Waals surface area (Å²) in [5.41, 5.74) is 1.30. The first-order chi connectivity index (χ1) is 7.83. The fourth-order valence-electron chi connectivity index (χ4n) is 1.40. The lowest BCUT2D eigenvalue weighted by Crippen LogP contribution is -2.07. The van der Waals surface area contributed by atoms with Gasteiger partial charge in [0.25, 0.3) is 0 Å². The Balaban J connectivity index is 2.40. The second kappa shape index (κ2) is 4.39. The number of H-pyrrole nitrogens is 1. The summed E-state index contributed by atoms with van der Waals surface area (Å²) < 4.78 is 0. The van der Waals surface area contributed by atoms with E-state index in [2.05, 4.69) is 15.5 Å². The van der Waals surface area contributed by atoms with E-state index < -0.39 is 0 Å². The lowest BCUT2D eigenvalue weighted by atomic mass is 10.1. The minimum Gasteiger partial charge on any atom is -0.328 e. The van der Waals surface area contributed by atoms with Gasteiger partial charge in [0.1, 0.15) is 5.69 Å². The molecule has 0 spiro atoms. The summed E-state index contributed by atoms with van der Waals surface area (Å²) in [6, 6.07) is 8.38. The van der Waals surface area contributed by atoms with Gasteiger partial charge in [0.15, 0.2) is 0 Å². The van der Waals surface area contributed by atoms with Gasteiger partial charge >= 0.3 is 0 Å². The molecule has 80 valence electrons. The molecule has 0 saturated heterocycles. The van der Waals surface area contributed by atoms with Crippen molar-refractivity contribution in [2.24, 2.45) is 0 Å². The van der Waals surface area contributed by atoms with Crippen LogP contribution >= 0.6 is 0 Å². The Morgan fingerprint density at radius 2 is 2.12 bits per heavy atom. The van der Waals surface area contributed by atoms with Gasteiger partial charge in [0.05, 0.1) is 5.69 Å². The van der Waals surface area contributed by atoms with Crippen LogP contribution < -0.4 is 5.32 Å². The minimum absolute atomic E-state index is 0.206. The largest absolute Gasteiger partial charge is 0.328 e. The Morgan fingerprint density at radius 1 is 1.31 bits per heavy atom. The number of para-hydroxylation sites is 1. The Labute approximate surface area is 91.5 Å². The third-order valence-electron chi connectivity index (χ3n) is 2.13. The highest BCUT2D eigenvalue weighted by Gasteiger charge is 2.13. The maximum Gasteiger partial charge on any atom is 0.212 e. The minimum atomic E-state index is -0.206. The summed E-state index contributed by atoms with van der Waals surface area (Å²) in [5, 5.41) is 8.78. The van der Waals surface area contributed by atoms with Crippen LogP contribution in [0.2, 0.25) is 0 Å². The van der Waals surface area contributed by atoms with Gasteiger partial charge in [-0.3, -0.25) is 14.7 Å². The number of carbonyl (C=O) groups excluding carboxylic acids is 2. The highest BCUT2D eigenvalue weighted by Crippen LogP contribution is 2.17. The van der Waals surface area contributed by atoms with Crippen molar-refractivity contribution in [3.63, 3.8) is 0 Å². The first-order valence-electron chi connectivity index (χ1n) is 4.66. The molecule has 0 aliphatic carbocycles. The second-order valence-corrected chi connectivity index (χ2v) is 3.11. The zero-order valence-corrected chi connectivity index (χ0v) is 8.31. The molecule has 0 unspecified atom stereocenters. The van der Waals surface area contributed by atoms with Gasteiger partial charge in [-0.25, -0.2) is 0 Å². The Morgan fingerprint density at radius 3 is 2.81 bits per heavy atom. The first-order valence-corrected chi connectivity index (χ1v) is 4.66. The van der Waals surface area contributed by atoms with Crippen LogP contribution in [0.3, 0.4) is 0 Å². The van der Waals surface area contributed by atoms with Crippen LogP contribution in [0, 0.1) is 0 Å². The Bertz CT molecular complexity index is 506. The quantitative estimate of drug-likeness (QED) is 0.594. The molecule has 0 bridgehead atoms. The third-order valence-corrected chi connectivity index (χ3v) is 2.13. The molecule has 1 heterocycles. The highest BCUT2D eigenvalue weighted by molar-refractivity contribution is 6.11. The number of carbonyl (C=O) groups is 2. The van der Waals surface area contributed by atoms with Crippen LogP contribution in [-0.4, -0.2) is 22.4 Å². The van der Waals surface area contributed by atoms with Crippen molar-refractivity contribution in [3.05, 3.63) is 47.8 Å². The van der Waals surface area contributed by atoms with Crippen LogP contribution in [0.5, 0.6) is 0 Å². The standard InChI is InChI=1S/C11H9N3O2/c15-7-12-9-4-2-1-3-8(9)11(16)10-5-6-13-14-10/h1-7H,(H,12,15)(H,13,14). The molecule has 1 aromatic carbocycles. The molecule has 16 heavy (non-hydrogen) atoms. The van der Waals surface area contributed by atoms with Crippen LogP contribution in [-0.2, 0) is 4.79 Å². The van der Waals surface area contributed by atoms with Gasteiger partial charge < -0.3 is 5.32 Å². The van der Waals surface area contributed by atoms with E-state index in [4.69, 9.17) is 0 Å². The summed E-state index contributed by atoms with van der Waals surface area (Å²) in [6.07, 6.45) is 2.04. The zero-order chi connectivity index (χ0) is 11.4. The first kappa shape index (κ1) is 10.1. The number of hydrogen-bond acceptors (Lipinski definition) is 3. The summed E-state index contributed by atoms with van der Waals surface area (Å²) >= 11 is 0. The molecule has 0 atom stereocenters. The van der Waals surface area contributed by atoms with Gasteiger partial charge in [-0.1, -0.05) is 12.1 Å². The van der Waals surface area contributed by atoms with E-state index in [0.29, 0.717) is 23.4 Å². The molecule has 2 rings (SSSR count). The number of benzene rings is 1. The molecule has 0 radical (unpaired) electrons. The van der Waals surface area contributed by atoms with Crippen molar-refractivity contribution < 1.29 is 9.59 Å². The summed E-state index contributed by atoms with van der Waals surface area (Å²) in [5.74, 6) is -0.206. The summed E-state index contributed by atoms with van der Waals surface area (Å²) in [7, 11) is 0. The fourth-order valence-corrected chi connectivity index (χ4v) is 1.40. The van der Waals surface area contributed by atoms with Crippen molar-refractivity contribution in [2.45, 2.75) is 0 Å². The van der Waals surface area contributed by atoms with Crippen molar-refractivity contribution >= 4 is 17.9 Å². The molecule has 0 aliphatic heterocycles. The van der Waals surface area contributed by atoms with Crippen molar-refractivity contribution in [3.8, 4) is 0 Å². The Kier molecular flexibility index (Phi) is 2.77. The van der Waals surface area contributed by atoms with Gasteiger partial charge in [0.2, 0.25) is 12.2 Å². The average Bonchev–Trinajstić information content (AvgIpc) is 2.83. The second-order valence-electron chi connectivity index (χ2n) is 3.11. The van der Waals surface area contributed by atoms with Crippen molar-refractivity contribution in [1.29, 1.82) is 0 Å². The summed E-state index contributed by atoms with van der Waals surface area (Å²) in [6.45, 7) is 0. The van der Waals surface area contributed by atoms with Crippen LogP contribution in [0.1, 0.15) is 16.1 Å². The number of ketones is 1. The normalized spacial score (nSPS) is 9.75. The smallest absolute Gasteiger partial charge is 0.212 e. The zero-order valence-electron chi connectivity index (χ0n) is 8.31. The maximum absolute atomic E-state index is 12.0. The molecular formula is C11H9N3O2. The fraction of sp³-hybridized carbons (Fsp3) is 0. The number of rotatable bonds is 4. The molecule has 2 N–H and O–H groups in total. The number of amides is 1. The number of hydrogen-bond donors (Lipinski definition) is 2. The molecule has 5 nitrogen and oxygen atoms in total. The van der Waals surface area contributed by atoms with Crippen molar-refractivity contribution in [2.75, 3.05) is 5.32 Å². The van der Waals surface area contributed by atoms with E-state index in [9.17, 15) is 9.59 Å². The van der Waals surface area contributed by atoms with Gasteiger partial charge in [0, 0.05) is 11.8 Å². The van der Waals surface area contributed by atoms with Gasteiger partial charge in [-0.2, -0.15) is 5.10 Å². The molecule has 1 aromatic heterocycles. The molecular weight excluding hydrogens is 206 g/mol. The van der Waals surface area contributed by atoms with E-state index in [-0.39, 0.29) is 5.78 Å². The molecule has 0 aliphatic rings. The predicted molar refractivity (Wildman–Crippen MR) is 58.1 cm³/mol. The molecule has 0 fully saturated rings. The number of nitrogens with zero attached hydrogens (tertiary/aromatic N) is 1. The molecule has 0 saturated carbocycles. The number of anilines is 1. The number of aromatic amines is 1. The third kappa shape index (κ3) is 1.83. The summed E-state index contributed by atoms with van der Waals surface area (Å²) in [4.78, 5) is 22.4. The van der Waals surface area contributed by atoms with E-state index in [1.165, 1.54) is 6.20 Å². The monoisotopic (exact) mass is 215 g/mol. The van der Waals surface area contributed by atoms with E-state index in [0.717, 1.165) is 0 Å². The lowest BCUT2D eigenvalue weighted by molar-refractivity contribution is -0.105. The van der Waals surface area contributed by atoms with Crippen molar-refractivity contribution in [1.82, 2.24) is 10.2 Å². The topological polar surface area (TPSA) is 74.8 Å². The van der Waals surface area contributed by atoms with Crippen LogP contribution in [0.4, 0.5) is 5.69 Å². The van der Waals surface area contributed by atoms with E-state index in [1.54, 1.807) is 30.3 Å². The average molecular weight is 215 g/mol. The van der Waals surface area contributed by atoms with Gasteiger partial charge in [-0.05, 0) is 18.2 Å². The maximum atomic E-state index is 12.0. The predicted octanol–water partition coefficient (Wildman–Crippen LogP) is 1.21. The van der Waals surface area contributed by atoms with Crippen LogP contribution in [0.15, 0.2) is 36.5 Å². The van der Waals surface area contributed by atoms with E-state index in [1.807, 2.05) is 0 Å². The SMILES string of the molecule is O=CNc1ccccc1C(=O)c1ccn[nH]1. The molecule has 5 heteroatoms. The van der Waals surface area contributed by atoms with Crippen LogP contribution in [0.25, 0.3) is 0 Å². The molecule has 2 aromatic rings. The van der Waals surface area contributed by atoms with Gasteiger partial charge in [-0.15, -0.1) is 0 Å². The lowest BCUT2D eigenvalue weighted by Gasteiger charge is -2.05. The molecule has 1 amide bonds. The van der Waals surface area contributed by atoms with E-state index >= 15 is 0 Å². The Hall–Kier alpha value is -2.43. The number of aromatic nitrogens is 2.